The van der Waals surface area contributed by atoms with Crippen LogP contribution in [0, 0.1) is 17.2 Å². The minimum Gasteiger partial charge on any atom is -0.360 e. The molecule has 1 aromatic heterocycles. The second-order valence-electron chi connectivity index (χ2n) is 10.8. The molecule has 0 bridgehead atoms. The van der Waals surface area contributed by atoms with E-state index in [1.807, 2.05) is 30.5 Å². The maximum atomic E-state index is 13.8. The average Bonchev–Trinajstić information content (AvgIpc) is 3.68. The SMILES string of the molecule is CC[C@H](C)[C@@H](CN(Cc1ccccc1C(F)(F)F)C(=S)NC1CC1)NC(=O)Cc1cncn1Cc1ccc(C#N)cc1. The van der Waals surface area contributed by atoms with E-state index in [-0.39, 0.29) is 49.0 Å². The molecule has 1 heterocycles. The van der Waals surface area contributed by atoms with Gasteiger partial charge in [-0.15, -0.1) is 0 Å². The predicted octanol–water partition coefficient (Wildman–Crippen LogP) is 5.43. The highest BCUT2D eigenvalue weighted by molar-refractivity contribution is 7.80. The number of carbonyl (C=O) groups excluding carboxylic acids is 1. The Balaban J connectivity index is 1.48. The summed E-state index contributed by atoms with van der Waals surface area (Å²) in [6.07, 6.45) is 1.61. The van der Waals surface area contributed by atoms with Crippen molar-refractivity contribution in [2.45, 2.75) is 70.9 Å². The number of hydrogen-bond acceptors (Lipinski definition) is 4. The van der Waals surface area contributed by atoms with E-state index in [1.165, 1.54) is 12.1 Å². The quantitative estimate of drug-likeness (QED) is 0.271. The zero-order valence-electron chi connectivity index (χ0n) is 23.7. The van der Waals surface area contributed by atoms with Crippen LogP contribution in [-0.4, -0.2) is 44.1 Å². The van der Waals surface area contributed by atoms with Gasteiger partial charge >= 0.3 is 6.18 Å². The Bertz CT molecular complexity index is 1410. The number of rotatable bonds is 12. The van der Waals surface area contributed by atoms with Crippen molar-refractivity contribution in [3.63, 3.8) is 0 Å². The van der Waals surface area contributed by atoms with E-state index in [9.17, 15) is 18.0 Å². The van der Waals surface area contributed by atoms with Crippen LogP contribution >= 0.6 is 12.2 Å². The molecule has 7 nitrogen and oxygen atoms in total. The zero-order chi connectivity index (χ0) is 30.3. The smallest absolute Gasteiger partial charge is 0.360 e. The Morgan fingerprint density at radius 2 is 1.93 bits per heavy atom. The van der Waals surface area contributed by atoms with Gasteiger partial charge < -0.3 is 20.1 Å². The lowest BCUT2D eigenvalue weighted by Crippen LogP contribution is -2.51. The molecule has 42 heavy (non-hydrogen) atoms. The normalized spacial score (nSPS) is 14.5. The third kappa shape index (κ3) is 8.55. The van der Waals surface area contributed by atoms with Crippen molar-refractivity contribution in [1.29, 1.82) is 5.26 Å². The van der Waals surface area contributed by atoms with Gasteiger partial charge in [-0.25, -0.2) is 4.98 Å². The maximum absolute atomic E-state index is 13.8. The Morgan fingerprint density at radius 1 is 1.21 bits per heavy atom. The van der Waals surface area contributed by atoms with Crippen LogP contribution in [0.25, 0.3) is 0 Å². The van der Waals surface area contributed by atoms with Gasteiger partial charge in [0.1, 0.15) is 0 Å². The van der Waals surface area contributed by atoms with E-state index in [0.717, 1.165) is 36.6 Å². The van der Waals surface area contributed by atoms with Crippen molar-refractivity contribution in [3.05, 3.63) is 89.0 Å². The second kappa shape index (κ2) is 13.8. The fourth-order valence-electron chi connectivity index (χ4n) is 4.68. The highest BCUT2D eigenvalue weighted by Gasteiger charge is 2.34. The lowest BCUT2D eigenvalue weighted by molar-refractivity contribution is -0.138. The Hall–Kier alpha value is -3.91. The Morgan fingerprint density at radius 3 is 2.57 bits per heavy atom. The highest BCUT2D eigenvalue weighted by Crippen LogP contribution is 2.32. The third-order valence-electron chi connectivity index (χ3n) is 7.55. The minimum atomic E-state index is -4.49. The topological polar surface area (TPSA) is 86.0 Å². The summed E-state index contributed by atoms with van der Waals surface area (Å²) in [5.74, 6) is -0.166. The molecule has 222 valence electrons. The number of nitrogens with zero attached hydrogens (tertiary/aromatic N) is 4. The summed E-state index contributed by atoms with van der Waals surface area (Å²) >= 11 is 5.66. The molecule has 1 fully saturated rings. The molecule has 0 unspecified atom stereocenters. The summed E-state index contributed by atoms with van der Waals surface area (Å²) < 4.78 is 43.2. The van der Waals surface area contributed by atoms with Crippen LogP contribution in [-0.2, 0) is 30.5 Å². The van der Waals surface area contributed by atoms with Gasteiger partial charge in [0.25, 0.3) is 0 Å². The number of carbonyl (C=O) groups is 1. The van der Waals surface area contributed by atoms with Crippen molar-refractivity contribution in [2.24, 2.45) is 5.92 Å². The Labute approximate surface area is 249 Å². The Kier molecular flexibility index (Phi) is 10.2. The number of aromatic nitrogens is 2. The number of imidazole rings is 1. The molecule has 1 aliphatic carbocycles. The van der Waals surface area contributed by atoms with Gasteiger partial charge in [-0.2, -0.15) is 18.4 Å². The van der Waals surface area contributed by atoms with Crippen LogP contribution in [0.15, 0.2) is 61.1 Å². The zero-order valence-corrected chi connectivity index (χ0v) is 24.5. The molecule has 11 heteroatoms. The van der Waals surface area contributed by atoms with Crippen LogP contribution in [0.3, 0.4) is 0 Å². The van der Waals surface area contributed by atoms with Crippen LogP contribution in [0.5, 0.6) is 0 Å². The summed E-state index contributed by atoms with van der Waals surface area (Å²) in [5.41, 5.74) is 1.71. The lowest BCUT2D eigenvalue weighted by atomic mass is 9.97. The molecule has 4 rings (SSSR count). The van der Waals surface area contributed by atoms with Gasteiger partial charge in [0, 0.05) is 43.6 Å². The summed E-state index contributed by atoms with van der Waals surface area (Å²) in [7, 11) is 0. The first-order valence-corrected chi connectivity index (χ1v) is 14.5. The highest BCUT2D eigenvalue weighted by atomic mass is 32.1. The van der Waals surface area contributed by atoms with Crippen LogP contribution in [0.4, 0.5) is 13.2 Å². The van der Waals surface area contributed by atoms with E-state index >= 15 is 0 Å². The largest absolute Gasteiger partial charge is 0.416 e. The number of alkyl halides is 3. The van der Waals surface area contributed by atoms with E-state index in [1.54, 1.807) is 35.6 Å². The van der Waals surface area contributed by atoms with Crippen LogP contribution in [0.1, 0.15) is 61.1 Å². The summed E-state index contributed by atoms with van der Waals surface area (Å²) in [6.45, 7) is 4.75. The standard InChI is InChI=1S/C31H35F3N6OS/c1-3-21(2)28(38-29(41)14-26-16-36-20-40(26)17-23-10-8-22(15-35)9-11-23)19-39(30(42)37-25-12-13-25)18-24-6-4-5-7-27(24)31(32,33)34/h4-11,16,20-21,25,28H,3,12-14,17-19H2,1-2H3,(H,37,42)(H,38,41)/t21-,28+/m0/s1. The lowest BCUT2D eigenvalue weighted by Gasteiger charge is -2.34. The number of thiocarbonyl (C=S) groups is 1. The molecule has 0 radical (unpaired) electrons. The summed E-state index contributed by atoms with van der Waals surface area (Å²) in [5, 5.41) is 15.8. The number of amides is 1. The monoisotopic (exact) mass is 596 g/mol. The van der Waals surface area contributed by atoms with Crippen molar-refractivity contribution in [3.8, 4) is 6.07 Å². The van der Waals surface area contributed by atoms with Gasteiger partial charge in [-0.3, -0.25) is 4.79 Å². The minimum absolute atomic E-state index is 0.0333. The molecule has 3 aromatic rings. The second-order valence-corrected chi connectivity index (χ2v) is 11.2. The predicted molar refractivity (Wildman–Crippen MR) is 158 cm³/mol. The molecule has 1 aliphatic rings. The van der Waals surface area contributed by atoms with E-state index < -0.39 is 11.7 Å². The first-order chi connectivity index (χ1) is 20.1. The van der Waals surface area contributed by atoms with E-state index in [0.29, 0.717) is 17.2 Å². The molecular formula is C31H35F3N6OS. The fourth-order valence-corrected chi connectivity index (χ4v) is 4.99. The number of nitrogens with one attached hydrogen (secondary N) is 2. The molecular weight excluding hydrogens is 561 g/mol. The van der Waals surface area contributed by atoms with Crippen molar-refractivity contribution in [2.75, 3.05) is 6.54 Å². The maximum Gasteiger partial charge on any atom is 0.416 e. The summed E-state index contributed by atoms with van der Waals surface area (Å²) in [4.78, 5) is 19.3. The molecule has 1 amide bonds. The van der Waals surface area contributed by atoms with Crippen molar-refractivity contribution in [1.82, 2.24) is 25.1 Å². The van der Waals surface area contributed by atoms with Gasteiger partial charge in [0.15, 0.2) is 5.11 Å². The number of benzene rings is 2. The fraction of sp³-hybridized carbons (Fsp3) is 0.419. The molecule has 0 aliphatic heterocycles. The number of nitriles is 1. The first kappa shape index (κ1) is 31.0. The first-order valence-electron chi connectivity index (χ1n) is 14.0. The average molecular weight is 597 g/mol. The van der Waals surface area contributed by atoms with E-state index in [4.69, 9.17) is 17.5 Å². The molecule has 2 atom stereocenters. The van der Waals surface area contributed by atoms with Crippen molar-refractivity contribution < 1.29 is 18.0 Å². The van der Waals surface area contributed by atoms with Gasteiger partial charge in [0.2, 0.25) is 5.91 Å². The molecule has 2 N–H and O–H groups in total. The molecule has 2 aromatic carbocycles. The van der Waals surface area contributed by atoms with E-state index in [2.05, 4.69) is 21.7 Å². The molecule has 0 saturated heterocycles. The molecule has 0 spiro atoms. The van der Waals surface area contributed by atoms with Crippen LogP contribution < -0.4 is 10.6 Å². The van der Waals surface area contributed by atoms with Gasteiger partial charge in [-0.1, -0.05) is 50.6 Å². The summed E-state index contributed by atoms with van der Waals surface area (Å²) in [6, 6.07) is 14.7. The third-order valence-corrected chi connectivity index (χ3v) is 7.92. The van der Waals surface area contributed by atoms with Gasteiger partial charge in [0.05, 0.1) is 29.9 Å². The molecule has 1 saturated carbocycles. The van der Waals surface area contributed by atoms with Gasteiger partial charge in [-0.05, 0) is 60.3 Å². The number of hydrogen-bond donors (Lipinski definition) is 2. The van der Waals surface area contributed by atoms with Crippen molar-refractivity contribution >= 4 is 23.2 Å². The number of halogens is 3. The van der Waals surface area contributed by atoms with Crippen LogP contribution in [0.2, 0.25) is 0 Å².